The number of amides is 1. The third kappa shape index (κ3) is 2.07. The molecule has 1 saturated carbocycles. The van der Waals surface area contributed by atoms with Crippen LogP contribution in [0.15, 0.2) is 10.8 Å². The van der Waals surface area contributed by atoms with Crippen molar-refractivity contribution in [2.75, 3.05) is 0 Å². The normalized spacial score (nSPS) is 17.2. The smallest absolute Gasteiger partial charge is 0.319 e. The van der Waals surface area contributed by atoms with Crippen LogP contribution in [0.4, 0.5) is 0 Å². The van der Waals surface area contributed by atoms with Crippen LogP contribution in [-0.2, 0) is 16.1 Å². The van der Waals surface area contributed by atoms with Crippen molar-refractivity contribution in [2.24, 2.45) is 5.41 Å². The van der Waals surface area contributed by atoms with Gasteiger partial charge in [0.05, 0.1) is 0 Å². The second-order valence-electron chi connectivity index (χ2n) is 4.50. The fourth-order valence-corrected chi connectivity index (χ4v) is 2.84. The van der Waals surface area contributed by atoms with Crippen LogP contribution in [0.5, 0.6) is 0 Å². The maximum Gasteiger partial charge on any atom is 0.319 e. The zero-order chi connectivity index (χ0) is 12.5. The number of aryl methyl sites for hydroxylation is 1. The largest absolute Gasteiger partial charge is 0.480 e. The van der Waals surface area contributed by atoms with E-state index < -0.39 is 11.4 Å². The van der Waals surface area contributed by atoms with Gasteiger partial charge in [-0.3, -0.25) is 9.59 Å². The minimum atomic E-state index is -1.16. The summed E-state index contributed by atoms with van der Waals surface area (Å²) in [6.07, 6.45) is 1.73. The SMILES string of the molecule is Cc1cscc1CNC(=O)C1(C(=O)O)CCC1. The van der Waals surface area contributed by atoms with Gasteiger partial charge < -0.3 is 10.4 Å². The number of thiophene rings is 1. The average Bonchev–Trinajstić information content (AvgIpc) is 2.58. The van der Waals surface area contributed by atoms with Crippen molar-refractivity contribution in [1.29, 1.82) is 0 Å². The lowest BCUT2D eigenvalue weighted by atomic mass is 9.68. The van der Waals surface area contributed by atoms with Gasteiger partial charge in [-0.25, -0.2) is 0 Å². The Morgan fingerprint density at radius 2 is 2.18 bits per heavy atom. The highest BCUT2D eigenvalue weighted by Crippen LogP contribution is 2.41. The molecule has 1 aliphatic rings. The molecule has 1 heterocycles. The number of hydrogen-bond acceptors (Lipinski definition) is 3. The molecule has 0 radical (unpaired) electrons. The Bertz CT molecular complexity index is 448. The first-order chi connectivity index (χ1) is 8.06. The van der Waals surface area contributed by atoms with Crippen LogP contribution in [0.2, 0.25) is 0 Å². The van der Waals surface area contributed by atoms with Gasteiger partial charge >= 0.3 is 5.97 Å². The van der Waals surface area contributed by atoms with Gasteiger partial charge in [0.2, 0.25) is 5.91 Å². The predicted octanol–water partition coefficient (Wildman–Crippen LogP) is 1.93. The molecule has 0 spiro atoms. The molecule has 1 amide bonds. The van der Waals surface area contributed by atoms with Gasteiger partial charge in [0.15, 0.2) is 0 Å². The van der Waals surface area contributed by atoms with Gasteiger partial charge in [0.1, 0.15) is 5.41 Å². The molecule has 92 valence electrons. The summed E-state index contributed by atoms with van der Waals surface area (Å²) in [6.45, 7) is 2.40. The first-order valence-electron chi connectivity index (χ1n) is 5.59. The molecule has 0 aliphatic heterocycles. The summed E-state index contributed by atoms with van der Waals surface area (Å²) >= 11 is 1.58. The van der Waals surface area contributed by atoms with E-state index in [9.17, 15) is 9.59 Å². The number of carbonyl (C=O) groups excluding carboxylic acids is 1. The van der Waals surface area contributed by atoms with Crippen LogP contribution >= 0.6 is 11.3 Å². The van der Waals surface area contributed by atoms with Gasteiger partial charge in [-0.15, -0.1) is 0 Å². The van der Waals surface area contributed by atoms with Crippen molar-refractivity contribution in [1.82, 2.24) is 5.32 Å². The van der Waals surface area contributed by atoms with Gasteiger partial charge in [-0.1, -0.05) is 6.42 Å². The standard InChI is InChI=1S/C12H15NO3S/c1-8-6-17-7-9(8)5-13-10(14)12(11(15)16)3-2-4-12/h6-7H,2-5H2,1H3,(H,13,14)(H,15,16). The molecule has 0 bridgehead atoms. The van der Waals surface area contributed by atoms with E-state index in [2.05, 4.69) is 5.32 Å². The van der Waals surface area contributed by atoms with Crippen molar-refractivity contribution >= 4 is 23.2 Å². The minimum absolute atomic E-state index is 0.346. The summed E-state index contributed by atoms with van der Waals surface area (Å²) < 4.78 is 0. The van der Waals surface area contributed by atoms with Gasteiger partial charge in [-0.2, -0.15) is 11.3 Å². The third-order valence-corrected chi connectivity index (χ3v) is 4.36. The summed E-state index contributed by atoms with van der Waals surface area (Å²) in [6, 6.07) is 0. The fourth-order valence-electron chi connectivity index (χ4n) is 1.98. The molecule has 4 nitrogen and oxygen atoms in total. The molecular formula is C12H15NO3S. The van der Waals surface area contributed by atoms with Crippen LogP contribution in [0.25, 0.3) is 0 Å². The second-order valence-corrected chi connectivity index (χ2v) is 5.25. The van der Waals surface area contributed by atoms with E-state index in [1.165, 1.54) is 0 Å². The Morgan fingerprint density at radius 3 is 2.59 bits per heavy atom. The van der Waals surface area contributed by atoms with E-state index in [1.807, 2.05) is 17.7 Å². The number of nitrogens with one attached hydrogen (secondary N) is 1. The summed E-state index contributed by atoms with van der Waals surface area (Å²) in [7, 11) is 0. The molecule has 17 heavy (non-hydrogen) atoms. The van der Waals surface area contributed by atoms with Crippen LogP contribution in [0.3, 0.4) is 0 Å². The lowest BCUT2D eigenvalue weighted by Crippen LogP contribution is -2.50. The van der Waals surface area contributed by atoms with Crippen LogP contribution in [0, 0.1) is 12.3 Å². The highest BCUT2D eigenvalue weighted by Gasteiger charge is 2.50. The Kier molecular flexibility index (Phi) is 3.19. The highest BCUT2D eigenvalue weighted by atomic mass is 32.1. The zero-order valence-electron chi connectivity index (χ0n) is 9.66. The number of carbonyl (C=O) groups is 2. The number of carboxylic acid groups (broad SMARTS) is 1. The van der Waals surface area contributed by atoms with E-state index in [0.717, 1.165) is 17.5 Å². The van der Waals surface area contributed by atoms with Crippen molar-refractivity contribution < 1.29 is 14.7 Å². The Balaban J connectivity index is 1.98. The molecular weight excluding hydrogens is 238 g/mol. The van der Waals surface area contributed by atoms with Gasteiger partial charge in [-0.05, 0) is 41.7 Å². The van der Waals surface area contributed by atoms with Gasteiger partial charge in [0, 0.05) is 6.54 Å². The van der Waals surface area contributed by atoms with E-state index in [4.69, 9.17) is 5.11 Å². The predicted molar refractivity (Wildman–Crippen MR) is 64.8 cm³/mol. The monoisotopic (exact) mass is 253 g/mol. The summed E-state index contributed by atoms with van der Waals surface area (Å²) in [5.41, 5.74) is 1.03. The van der Waals surface area contributed by atoms with E-state index in [-0.39, 0.29) is 5.91 Å². The molecule has 0 unspecified atom stereocenters. The van der Waals surface area contributed by atoms with E-state index in [1.54, 1.807) is 11.3 Å². The molecule has 1 aromatic heterocycles. The Hall–Kier alpha value is -1.36. The maximum atomic E-state index is 11.9. The van der Waals surface area contributed by atoms with E-state index in [0.29, 0.717) is 19.4 Å². The highest BCUT2D eigenvalue weighted by molar-refractivity contribution is 7.08. The lowest BCUT2D eigenvalue weighted by molar-refractivity contribution is -0.162. The molecule has 0 atom stereocenters. The number of carboxylic acids is 1. The minimum Gasteiger partial charge on any atom is -0.480 e. The number of rotatable bonds is 4. The molecule has 1 fully saturated rings. The number of aliphatic carboxylic acids is 1. The third-order valence-electron chi connectivity index (χ3n) is 3.45. The summed E-state index contributed by atoms with van der Waals surface area (Å²) in [4.78, 5) is 23.0. The maximum absolute atomic E-state index is 11.9. The van der Waals surface area contributed by atoms with Crippen molar-refractivity contribution in [3.05, 3.63) is 21.9 Å². The summed E-state index contributed by atoms with van der Waals surface area (Å²) in [5.74, 6) is -1.34. The van der Waals surface area contributed by atoms with Crippen molar-refractivity contribution in [3.63, 3.8) is 0 Å². The molecule has 1 aliphatic carbocycles. The van der Waals surface area contributed by atoms with E-state index >= 15 is 0 Å². The molecule has 2 N–H and O–H groups in total. The molecule has 0 saturated heterocycles. The van der Waals surface area contributed by atoms with Crippen molar-refractivity contribution in [2.45, 2.75) is 32.7 Å². The summed E-state index contributed by atoms with van der Waals surface area (Å²) in [5, 5.41) is 15.8. The fraction of sp³-hybridized carbons (Fsp3) is 0.500. The van der Waals surface area contributed by atoms with Crippen LogP contribution < -0.4 is 5.32 Å². The topological polar surface area (TPSA) is 66.4 Å². The molecule has 5 heteroatoms. The quantitative estimate of drug-likeness (QED) is 0.806. The Morgan fingerprint density at radius 1 is 1.47 bits per heavy atom. The average molecular weight is 253 g/mol. The molecule has 2 rings (SSSR count). The Labute approximate surface area is 104 Å². The molecule has 0 aromatic carbocycles. The lowest BCUT2D eigenvalue weighted by Gasteiger charge is -2.35. The van der Waals surface area contributed by atoms with Crippen LogP contribution in [-0.4, -0.2) is 17.0 Å². The van der Waals surface area contributed by atoms with Crippen molar-refractivity contribution in [3.8, 4) is 0 Å². The number of hydrogen-bond donors (Lipinski definition) is 2. The first kappa shape index (κ1) is 12.1. The second kappa shape index (κ2) is 4.49. The zero-order valence-corrected chi connectivity index (χ0v) is 10.5. The first-order valence-corrected chi connectivity index (χ1v) is 6.54. The van der Waals surface area contributed by atoms with Crippen LogP contribution in [0.1, 0.15) is 30.4 Å². The molecule has 1 aromatic rings. The van der Waals surface area contributed by atoms with Gasteiger partial charge in [0.25, 0.3) is 0 Å².